The van der Waals surface area contributed by atoms with Gasteiger partial charge in [-0.3, -0.25) is 0 Å². The van der Waals surface area contributed by atoms with Gasteiger partial charge in [-0.2, -0.15) is 5.10 Å². The van der Waals surface area contributed by atoms with Gasteiger partial charge in [0.05, 0.1) is 17.8 Å². The fourth-order valence-electron chi connectivity index (χ4n) is 2.17. The number of nitrogen functional groups attached to an aromatic ring is 1. The van der Waals surface area contributed by atoms with Crippen LogP contribution < -0.4 is 10.6 Å². The average molecular weight is 289 g/mol. The molecule has 0 atom stereocenters. The summed E-state index contributed by atoms with van der Waals surface area (Å²) < 4.78 is 1.81. The number of aromatic carboxylic acids is 1. The van der Waals surface area contributed by atoms with Crippen LogP contribution in [0.5, 0.6) is 0 Å². The van der Waals surface area contributed by atoms with Gasteiger partial charge >= 0.3 is 5.97 Å². The minimum atomic E-state index is -1.01. The van der Waals surface area contributed by atoms with Gasteiger partial charge < -0.3 is 15.7 Å². The molecule has 0 saturated carbocycles. The standard InChI is InChI=1S/C14H19N5O2/c1-9(2)19-13(16-8-17-19)7-18(3)12-5-4-10(15)6-11(12)14(20)21/h4-6,8-9H,7,15H2,1-3H3,(H,20,21). The largest absolute Gasteiger partial charge is 0.478 e. The van der Waals surface area contributed by atoms with Crippen molar-refractivity contribution in [2.45, 2.75) is 26.4 Å². The number of carbonyl (C=O) groups is 1. The molecule has 112 valence electrons. The van der Waals surface area contributed by atoms with E-state index in [2.05, 4.69) is 10.1 Å². The number of anilines is 2. The minimum absolute atomic E-state index is 0.174. The highest BCUT2D eigenvalue weighted by Crippen LogP contribution is 2.23. The molecule has 0 aliphatic rings. The quantitative estimate of drug-likeness (QED) is 0.814. The number of hydrogen-bond donors (Lipinski definition) is 2. The second-order valence-electron chi connectivity index (χ2n) is 5.15. The summed E-state index contributed by atoms with van der Waals surface area (Å²) in [5, 5.41) is 13.5. The second kappa shape index (κ2) is 5.82. The Bertz CT molecular complexity index is 651. The summed E-state index contributed by atoms with van der Waals surface area (Å²) in [5.74, 6) is -0.227. The molecule has 0 amide bonds. The van der Waals surface area contributed by atoms with Crippen molar-refractivity contribution in [2.75, 3.05) is 17.7 Å². The molecular formula is C14H19N5O2. The summed E-state index contributed by atoms with van der Waals surface area (Å²) in [7, 11) is 1.82. The van der Waals surface area contributed by atoms with Crippen LogP contribution in [-0.4, -0.2) is 32.9 Å². The highest BCUT2D eigenvalue weighted by atomic mass is 16.4. The highest BCUT2D eigenvalue weighted by Gasteiger charge is 2.16. The molecule has 1 aromatic carbocycles. The summed E-state index contributed by atoms with van der Waals surface area (Å²) in [5.41, 5.74) is 6.85. The minimum Gasteiger partial charge on any atom is -0.478 e. The zero-order chi connectivity index (χ0) is 15.6. The van der Waals surface area contributed by atoms with E-state index in [9.17, 15) is 9.90 Å². The zero-order valence-corrected chi connectivity index (χ0v) is 12.3. The molecule has 0 aliphatic carbocycles. The Morgan fingerprint density at radius 1 is 1.48 bits per heavy atom. The third-order valence-corrected chi connectivity index (χ3v) is 3.18. The first kappa shape index (κ1) is 14.8. The first-order chi connectivity index (χ1) is 9.90. The molecule has 1 heterocycles. The second-order valence-corrected chi connectivity index (χ2v) is 5.15. The van der Waals surface area contributed by atoms with Gasteiger partial charge in [0.25, 0.3) is 0 Å². The van der Waals surface area contributed by atoms with Crippen LogP contribution in [0.4, 0.5) is 11.4 Å². The van der Waals surface area contributed by atoms with E-state index in [1.54, 1.807) is 12.1 Å². The first-order valence-corrected chi connectivity index (χ1v) is 6.62. The average Bonchev–Trinajstić information content (AvgIpc) is 2.86. The lowest BCUT2D eigenvalue weighted by molar-refractivity contribution is 0.0697. The Morgan fingerprint density at radius 2 is 2.19 bits per heavy atom. The molecule has 1 aromatic heterocycles. The fraction of sp³-hybridized carbons (Fsp3) is 0.357. The molecule has 0 unspecified atom stereocenters. The number of hydrogen-bond acceptors (Lipinski definition) is 5. The summed E-state index contributed by atoms with van der Waals surface area (Å²) >= 11 is 0. The molecule has 2 aromatic rings. The van der Waals surface area contributed by atoms with E-state index in [-0.39, 0.29) is 11.6 Å². The summed E-state index contributed by atoms with van der Waals surface area (Å²) in [6.45, 7) is 4.50. The SMILES string of the molecule is CC(C)n1ncnc1CN(C)c1ccc(N)cc1C(=O)O. The number of carboxylic acid groups (broad SMARTS) is 1. The van der Waals surface area contributed by atoms with Crippen molar-refractivity contribution in [3.63, 3.8) is 0 Å². The maximum absolute atomic E-state index is 11.3. The maximum atomic E-state index is 11.3. The number of rotatable bonds is 5. The number of benzene rings is 1. The van der Waals surface area contributed by atoms with Crippen molar-refractivity contribution in [1.29, 1.82) is 0 Å². The molecule has 0 saturated heterocycles. The van der Waals surface area contributed by atoms with Gasteiger partial charge in [-0.15, -0.1) is 0 Å². The predicted octanol–water partition coefficient (Wildman–Crippen LogP) is 1.78. The van der Waals surface area contributed by atoms with Gasteiger partial charge in [0.15, 0.2) is 0 Å². The van der Waals surface area contributed by atoms with Crippen LogP contribution in [0.3, 0.4) is 0 Å². The number of nitrogens with zero attached hydrogens (tertiary/aromatic N) is 4. The van der Waals surface area contributed by atoms with Gasteiger partial charge in [0.1, 0.15) is 12.2 Å². The van der Waals surface area contributed by atoms with E-state index in [0.29, 0.717) is 17.9 Å². The van der Waals surface area contributed by atoms with E-state index in [1.807, 2.05) is 30.5 Å². The molecule has 0 radical (unpaired) electrons. The fourth-order valence-corrected chi connectivity index (χ4v) is 2.17. The van der Waals surface area contributed by atoms with E-state index in [1.165, 1.54) is 12.4 Å². The van der Waals surface area contributed by atoms with Crippen LogP contribution in [0.15, 0.2) is 24.5 Å². The smallest absolute Gasteiger partial charge is 0.337 e. The van der Waals surface area contributed by atoms with Crippen LogP contribution in [0.25, 0.3) is 0 Å². The monoisotopic (exact) mass is 289 g/mol. The third kappa shape index (κ3) is 3.13. The van der Waals surface area contributed by atoms with Crippen molar-refractivity contribution in [3.05, 3.63) is 35.9 Å². The lowest BCUT2D eigenvalue weighted by Gasteiger charge is -2.22. The molecule has 2 rings (SSSR count). The van der Waals surface area contributed by atoms with Gasteiger partial charge in [0.2, 0.25) is 0 Å². The van der Waals surface area contributed by atoms with Crippen molar-refractivity contribution in [1.82, 2.24) is 14.8 Å². The normalized spacial score (nSPS) is 10.9. The number of carboxylic acids is 1. The van der Waals surface area contributed by atoms with Crippen molar-refractivity contribution in [2.24, 2.45) is 0 Å². The Labute approximate surface area is 123 Å². The van der Waals surface area contributed by atoms with Gasteiger partial charge in [0, 0.05) is 18.8 Å². The van der Waals surface area contributed by atoms with Gasteiger partial charge in [-0.05, 0) is 32.0 Å². The van der Waals surface area contributed by atoms with Crippen molar-refractivity contribution in [3.8, 4) is 0 Å². The van der Waals surface area contributed by atoms with Crippen molar-refractivity contribution >= 4 is 17.3 Å². The molecule has 3 N–H and O–H groups in total. The van der Waals surface area contributed by atoms with Gasteiger partial charge in [-0.1, -0.05) is 0 Å². The summed E-state index contributed by atoms with van der Waals surface area (Å²) in [6.07, 6.45) is 1.50. The number of nitrogens with two attached hydrogens (primary N) is 1. The molecular weight excluding hydrogens is 270 g/mol. The lowest BCUT2D eigenvalue weighted by atomic mass is 10.1. The molecule has 7 nitrogen and oxygen atoms in total. The zero-order valence-electron chi connectivity index (χ0n) is 12.3. The summed E-state index contributed by atoms with van der Waals surface area (Å²) in [4.78, 5) is 17.4. The van der Waals surface area contributed by atoms with Crippen LogP contribution >= 0.6 is 0 Å². The Hall–Kier alpha value is -2.57. The molecule has 7 heteroatoms. The predicted molar refractivity (Wildman–Crippen MR) is 80.3 cm³/mol. The van der Waals surface area contributed by atoms with E-state index < -0.39 is 5.97 Å². The van der Waals surface area contributed by atoms with Gasteiger partial charge in [-0.25, -0.2) is 14.5 Å². The Morgan fingerprint density at radius 3 is 2.81 bits per heavy atom. The Kier molecular flexibility index (Phi) is 4.11. The molecule has 21 heavy (non-hydrogen) atoms. The lowest BCUT2D eigenvalue weighted by Crippen LogP contribution is -2.23. The molecule has 0 aliphatic heterocycles. The topological polar surface area (TPSA) is 97.3 Å². The molecule has 0 fully saturated rings. The number of aromatic nitrogens is 3. The molecule has 0 spiro atoms. The molecule has 0 bridgehead atoms. The van der Waals surface area contributed by atoms with E-state index in [0.717, 1.165) is 5.82 Å². The van der Waals surface area contributed by atoms with E-state index in [4.69, 9.17) is 5.73 Å². The maximum Gasteiger partial charge on any atom is 0.337 e. The van der Waals surface area contributed by atoms with Crippen LogP contribution in [-0.2, 0) is 6.54 Å². The van der Waals surface area contributed by atoms with Crippen LogP contribution in [0, 0.1) is 0 Å². The van der Waals surface area contributed by atoms with Crippen LogP contribution in [0.1, 0.15) is 36.1 Å². The highest BCUT2D eigenvalue weighted by molar-refractivity contribution is 5.95. The third-order valence-electron chi connectivity index (χ3n) is 3.18. The van der Waals surface area contributed by atoms with Crippen molar-refractivity contribution < 1.29 is 9.90 Å². The van der Waals surface area contributed by atoms with E-state index >= 15 is 0 Å². The van der Waals surface area contributed by atoms with Crippen LogP contribution in [0.2, 0.25) is 0 Å². The summed E-state index contributed by atoms with van der Waals surface area (Å²) in [6, 6.07) is 5.04. The first-order valence-electron chi connectivity index (χ1n) is 6.62. The Balaban J connectivity index is 2.30.